The molecule has 208 valence electrons. The van der Waals surface area contributed by atoms with E-state index in [0.29, 0.717) is 5.56 Å². The molecule has 1 heterocycles. The normalized spacial score (nSPS) is 18.2. The molecule has 1 aliphatic rings. The van der Waals surface area contributed by atoms with Gasteiger partial charge in [0.1, 0.15) is 5.75 Å². The van der Waals surface area contributed by atoms with Crippen LogP contribution in [0.2, 0.25) is 0 Å². The molecule has 1 aliphatic heterocycles. The van der Waals surface area contributed by atoms with Gasteiger partial charge >= 0.3 is 0 Å². The summed E-state index contributed by atoms with van der Waals surface area (Å²) >= 11 is 1.74. The summed E-state index contributed by atoms with van der Waals surface area (Å²) in [6.07, 6.45) is 21.6. The van der Waals surface area contributed by atoms with Crippen LogP contribution in [0.4, 0.5) is 0 Å². The Morgan fingerprint density at radius 3 is 1.81 bits per heavy atom. The van der Waals surface area contributed by atoms with E-state index in [-0.39, 0.29) is 20.8 Å². The first-order chi connectivity index (χ1) is 17.1. The number of hydrogen-bond acceptors (Lipinski definition) is 5. The number of phenols is 1. The van der Waals surface area contributed by atoms with Crippen molar-refractivity contribution in [1.82, 2.24) is 4.90 Å². The van der Waals surface area contributed by atoms with Crippen molar-refractivity contribution in [3.63, 3.8) is 0 Å². The Labute approximate surface area is 225 Å². The van der Waals surface area contributed by atoms with Crippen LogP contribution >= 0.6 is 11.8 Å². The highest BCUT2D eigenvalue weighted by molar-refractivity contribution is 8.01. The summed E-state index contributed by atoms with van der Waals surface area (Å²) in [7, 11) is -4.30. The van der Waals surface area contributed by atoms with E-state index in [9.17, 15) is 18.1 Å². The van der Waals surface area contributed by atoms with Crippen LogP contribution in [-0.4, -0.2) is 40.8 Å². The first-order valence-electron chi connectivity index (χ1n) is 14.4. The van der Waals surface area contributed by atoms with Crippen molar-refractivity contribution < 1.29 is 18.1 Å². The SMILES string of the molecule is CCCCCCCCCCCCCCCCCCN1CC(C)(C)SC1c1cc(S(=O)(=O)O)ccc1O. The van der Waals surface area contributed by atoms with Gasteiger partial charge in [-0.25, -0.2) is 0 Å². The summed E-state index contributed by atoms with van der Waals surface area (Å²) in [6.45, 7) is 8.45. The molecule has 2 rings (SSSR count). The lowest BCUT2D eigenvalue weighted by molar-refractivity contribution is 0.255. The zero-order chi connectivity index (χ0) is 26.4. The number of aromatic hydroxyl groups is 1. The molecule has 0 radical (unpaired) electrons. The van der Waals surface area contributed by atoms with Crippen molar-refractivity contribution in [3.05, 3.63) is 23.8 Å². The van der Waals surface area contributed by atoms with Crippen molar-refractivity contribution in [2.24, 2.45) is 0 Å². The molecule has 0 aliphatic carbocycles. The topological polar surface area (TPSA) is 77.8 Å². The molecular formula is C29H51NO4S2. The van der Waals surface area contributed by atoms with Crippen LogP contribution in [0.25, 0.3) is 0 Å². The first kappa shape index (κ1) is 31.5. The van der Waals surface area contributed by atoms with E-state index >= 15 is 0 Å². The van der Waals surface area contributed by atoms with Gasteiger partial charge in [-0.2, -0.15) is 8.42 Å². The maximum Gasteiger partial charge on any atom is 0.294 e. The number of hydrogen-bond donors (Lipinski definition) is 2. The van der Waals surface area contributed by atoms with E-state index in [1.54, 1.807) is 11.8 Å². The number of unbranched alkanes of at least 4 members (excludes halogenated alkanes) is 15. The highest BCUT2D eigenvalue weighted by Crippen LogP contribution is 2.50. The van der Waals surface area contributed by atoms with E-state index in [2.05, 4.69) is 25.7 Å². The van der Waals surface area contributed by atoms with Crippen LogP contribution in [0.5, 0.6) is 5.75 Å². The molecule has 36 heavy (non-hydrogen) atoms. The molecule has 0 amide bonds. The highest BCUT2D eigenvalue weighted by atomic mass is 32.2. The van der Waals surface area contributed by atoms with Crippen molar-refractivity contribution in [2.75, 3.05) is 13.1 Å². The van der Waals surface area contributed by atoms with Crippen molar-refractivity contribution in [3.8, 4) is 5.75 Å². The minimum atomic E-state index is -4.30. The smallest absolute Gasteiger partial charge is 0.294 e. The minimum absolute atomic E-state index is 0.0141. The van der Waals surface area contributed by atoms with Crippen molar-refractivity contribution in [2.45, 2.75) is 139 Å². The lowest BCUT2D eigenvalue weighted by atomic mass is 10.0. The number of thioether (sulfide) groups is 1. The molecule has 1 fully saturated rings. The molecule has 2 N–H and O–H groups in total. The fourth-order valence-electron chi connectivity index (χ4n) is 5.20. The second-order valence-electron chi connectivity index (χ2n) is 11.2. The summed E-state index contributed by atoms with van der Waals surface area (Å²) in [5.41, 5.74) is 0.567. The molecule has 1 saturated heterocycles. The Kier molecular flexibility index (Phi) is 14.2. The predicted molar refractivity (Wildman–Crippen MR) is 153 cm³/mol. The van der Waals surface area contributed by atoms with Gasteiger partial charge in [0.25, 0.3) is 10.1 Å². The Bertz CT molecular complexity index is 857. The third kappa shape index (κ3) is 11.7. The van der Waals surface area contributed by atoms with Crippen LogP contribution in [0.3, 0.4) is 0 Å². The summed E-state index contributed by atoms with van der Waals surface area (Å²) in [5.74, 6) is 0.0783. The Hall–Kier alpha value is -0.760. The van der Waals surface area contributed by atoms with E-state index in [1.165, 1.54) is 115 Å². The van der Waals surface area contributed by atoms with Gasteiger partial charge in [0.15, 0.2) is 0 Å². The van der Waals surface area contributed by atoms with Gasteiger partial charge in [-0.3, -0.25) is 9.45 Å². The van der Waals surface area contributed by atoms with Gasteiger partial charge in [-0.1, -0.05) is 103 Å². The first-order valence-corrected chi connectivity index (χ1v) is 16.7. The second-order valence-corrected chi connectivity index (χ2v) is 14.4. The predicted octanol–water partition coefficient (Wildman–Crippen LogP) is 8.73. The molecule has 0 spiro atoms. The average Bonchev–Trinajstić information content (AvgIpc) is 3.12. The van der Waals surface area contributed by atoms with Gasteiger partial charge in [-0.15, -0.1) is 11.8 Å². The fourth-order valence-corrected chi connectivity index (χ4v) is 7.20. The molecule has 7 heteroatoms. The summed E-state index contributed by atoms with van der Waals surface area (Å²) in [6, 6.07) is 4.04. The molecular weight excluding hydrogens is 490 g/mol. The van der Waals surface area contributed by atoms with Crippen LogP contribution in [0.15, 0.2) is 23.1 Å². The zero-order valence-electron chi connectivity index (χ0n) is 23.0. The minimum Gasteiger partial charge on any atom is -0.508 e. The van der Waals surface area contributed by atoms with Crippen molar-refractivity contribution in [1.29, 1.82) is 0 Å². The highest BCUT2D eigenvalue weighted by Gasteiger charge is 2.40. The van der Waals surface area contributed by atoms with E-state index in [1.807, 2.05) is 0 Å². The monoisotopic (exact) mass is 541 g/mol. The third-order valence-electron chi connectivity index (χ3n) is 7.21. The van der Waals surface area contributed by atoms with Gasteiger partial charge in [0.05, 0.1) is 10.3 Å². The lowest BCUT2D eigenvalue weighted by Gasteiger charge is -2.24. The van der Waals surface area contributed by atoms with E-state index in [0.717, 1.165) is 19.5 Å². The molecule has 0 aromatic heterocycles. The number of rotatable bonds is 19. The van der Waals surface area contributed by atoms with Gasteiger partial charge in [0.2, 0.25) is 0 Å². The van der Waals surface area contributed by atoms with E-state index in [4.69, 9.17) is 0 Å². The molecule has 0 bridgehead atoms. The third-order valence-corrected chi connectivity index (χ3v) is 9.60. The van der Waals surface area contributed by atoms with Gasteiger partial charge < -0.3 is 5.11 Å². The average molecular weight is 542 g/mol. The van der Waals surface area contributed by atoms with Crippen LogP contribution < -0.4 is 0 Å². The number of nitrogens with zero attached hydrogens (tertiary/aromatic N) is 1. The van der Waals surface area contributed by atoms with Crippen molar-refractivity contribution >= 4 is 21.9 Å². The summed E-state index contributed by atoms with van der Waals surface area (Å²) in [4.78, 5) is 2.18. The Morgan fingerprint density at radius 2 is 1.33 bits per heavy atom. The van der Waals surface area contributed by atoms with Gasteiger partial charge in [0, 0.05) is 16.9 Å². The Morgan fingerprint density at radius 1 is 0.861 bits per heavy atom. The molecule has 1 unspecified atom stereocenters. The molecule has 1 aromatic carbocycles. The quantitative estimate of drug-likeness (QED) is 0.135. The standard InChI is InChI=1S/C29H51NO4S2/c1-4-5-6-7-8-9-10-11-12-13-14-15-16-17-18-19-22-30-24-29(2,3)35-28(30)26-23-25(36(32,33)34)20-21-27(26)31/h20-21,23,28,31H,4-19,22,24H2,1-3H3,(H,32,33,34). The molecule has 1 atom stereocenters. The summed E-state index contributed by atoms with van der Waals surface area (Å²) in [5, 5.41) is 10.3. The molecule has 5 nitrogen and oxygen atoms in total. The largest absolute Gasteiger partial charge is 0.508 e. The maximum absolute atomic E-state index is 11.6. The van der Waals surface area contributed by atoms with Crippen LogP contribution in [0, 0.1) is 0 Å². The van der Waals surface area contributed by atoms with Gasteiger partial charge in [-0.05, 0) is 45.0 Å². The summed E-state index contributed by atoms with van der Waals surface area (Å²) < 4.78 is 32.7. The molecule has 0 saturated carbocycles. The van der Waals surface area contributed by atoms with Crippen LogP contribution in [0.1, 0.15) is 134 Å². The van der Waals surface area contributed by atoms with E-state index < -0.39 is 10.1 Å². The van der Waals surface area contributed by atoms with Crippen LogP contribution in [-0.2, 0) is 10.1 Å². The Balaban J connectivity index is 1.61. The molecule has 1 aromatic rings. The second kappa shape index (κ2) is 16.3. The lowest BCUT2D eigenvalue weighted by Crippen LogP contribution is -2.29. The number of phenolic OH excluding ortho intramolecular Hbond substituents is 1. The zero-order valence-corrected chi connectivity index (χ0v) is 24.6. The maximum atomic E-state index is 11.6. The fraction of sp³-hybridized carbons (Fsp3) is 0.793. The number of benzene rings is 1.